The minimum Gasteiger partial charge on any atom is -0.354 e. The number of para-hydroxylation sites is 1. The topological polar surface area (TPSA) is 54.0 Å². The van der Waals surface area contributed by atoms with Gasteiger partial charge in [-0.3, -0.25) is 9.78 Å². The van der Waals surface area contributed by atoms with Crippen molar-refractivity contribution in [3.05, 3.63) is 83.2 Å². The summed E-state index contributed by atoms with van der Waals surface area (Å²) in [5.74, 6) is -0.672. The van der Waals surface area contributed by atoms with E-state index in [1.54, 1.807) is 12.3 Å². The van der Waals surface area contributed by atoms with Crippen molar-refractivity contribution in [1.29, 1.82) is 0 Å². The number of hydrogen-bond acceptors (Lipinski definition) is 3. The van der Waals surface area contributed by atoms with Gasteiger partial charge in [-0.05, 0) is 49.2 Å². The molecule has 4 nitrogen and oxygen atoms in total. The molecule has 3 aromatic rings. The van der Waals surface area contributed by atoms with Gasteiger partial charge in [-0.25, -0.2) is 0 Å². The Kier molecular flexibility index (Phi) is 5.35. The fourth-order valence-corrected chi connectivity index (χ4v) is 2.69. The Labute approximate surface area is 160 Å². The molecule has 28 heavy (non-hydrogen) atoms. The second kappa shape index (κ2) is 7.72. The molecule has 0 unspecified atom stereocenters. The lowest BCUT2D eigenvalue weighted by atomic mass is 10.1. The summed E-state index contributed by atoms with van der Waals surface area (Å²) in [5.41, 5.74) is 2.45. The van der Waals surface area contributed by atoms with Gasteiger partial charge < -0.3 is 10.6 Å². The highest BCUT2D eigenvalue weighted by Gasteiger charge is 2.33. The molecule has 144 valence electrons. The van der Waals surface area contributed by atoms with Crippen LogP contribution in [0.2, 0.25) is 0 Å². The van der Waals surface area contributed by atoms with Gasteiger partial charge in [0, 0.05) is 11.9 Å². The van der Waals surface area contributed by atoms with Crippen molar-refractivity contribution in [2.75, 3.05) is 10.6 Å². The molecule has 2 aromatic carbocycles. The minimum absolute atomic E-state index is 0.146. The molecule has 0 fully saturated rings. The van der Waals surface area contributed by atoms with E-state index in [0.717, 1.165) is 22.9 Å². The van der Waals surface area contributed by atoms with Crippen molar-refractivity contribution in [1.82, 2.24) is 4.98 Å². The summed E-state index contributed by atoms with van der Waals surface area (Å²) >= 11 is 0. The summed E-state index contributed by atoms with van der Waals surface area (Å²) in [7, 11) is 0. The smallest absolute Gasteiger partial charge is 0.354 e. The van der Waals surface area contributed by atoms with E-state index in [4.69, 9.17) is 0 Å². The number of pyridine rings is 1. The van der Waals surface area contributed by atoms with Crippen LogP contribution in [-0.4, -0.2) is 10.9 Å². The second-order valence-corrected chi connectivity index (χ2v) is 6.40. The van der Waals surface area contributed by atoms with E-state index < -0.39 is 17.6 Å². The van der Waals surface area contributed by atoms with Gasteiger partial charge in [0.25, 0.3) is 5.91 Å². The molecule has 0 saturated heterocycles. The maximum atomic E-state index is 13.1. The monoisotopic (exact) mass is 385 g/mol. The summed E-state index contributed by atoms with van der Waals surface area (Å²) in [4.78, 5) is 16.5. The number of anilines is 3. The van der Waals surface area contributed by atoms with E-state index in [2.05, 4.69) is 15.6 Å². The lowest BCUT2D eigenvalue weighted by Gasteiger charge is -2.14. The Morgan fingerprint density at radius 2 is 1.71 bits per heavy atom. The van der Waals surface area contributed by atoms with Crippen LogP contribution < -0.4 is 10.6 Å². The molecule has 0 radical (unpaired) electrons. The molecule has 1 amide bonds. The molecule has 7 heteroatoms. The summed E-state index contributed by atoms with van der Waals surface area (Å²) in [6.45, 7) is 3.91. The number of aromatic nitrogens is 1. The fraction of sp³-hybridized carbons (Fsp3) is 0.143. The zero-order valence-corrected chi connectivity index (χ0v) is 15.3. The maximum Gasteiger partial charge on any atom is 0.418 e. The van der Waals surface area contributed by atoms with Crippen LogP contribution in [0.3, 0.4) is 0 Å². The van der Waals surface area contributed by atoms with Crippen LogP contribution in [0, 0.1) is 13.8 Å². The van der Waals surface area contributed by atoms with Gasteiger partial charge in [0.15, 0.2) is 0 Å². The summed E-state index contributed by atoms with van der Waals surface area (Å²) in [6.07, 6.45) is -1.71. The van der Waals surface area contributed by atoms with Gasteiger partial charge in [0.05, 0.1) is 28.7 Å². The first-order chi connectivity index (χ1) is 13.2. The van der Waals surface area contributed by atoms with Crippen LogP contribution in [0.1, 0.15) is 27.0 Å². The van der Waals surface area contributed by atoms with Gasteiger partial charge in [-0.1, -0.05) is 24.3 Å². The highest BCUT2D eigenvalue weighted by Crippen LogP contribution is 2.34. The van der Waals surface area contributed by atoms with E-state index in [9.17, 15) is 18.0 Å². The number of halogens is 3. The first-order valence-corrected chi connectivity index (χ1v) is 8.51. The van der Waals surface area contributed by atoms with Crippen molar-refractivity contribution >= 4 is 23.0 Å². The standard InChI is InChI=1S/C21H18F3N3O/c1-13-7-8-14(2)19(9-13)26-16-10-15(11-25-12-16)20(28)27-18-6-4-3-5-17(18)21(22,23)24/h3-12,26H,1-2H3,(H,27,28). The first-order valence-electron chi connectivity index (χ1n) is 8.51. The van der Waals surface area contributed by atoms with Crippen molar-refractivity contribution in [2.45, 2.75) is 20.0 Å². The van der Waals surface area contributed by atoms with Crippen LogP contribution in [0.5, 0.6) is 0 Å². The average Bonchev–Trinajstić information content (AvgIpc) is 2.64. The lowest BCUT2D eigenvalue weighted by Crippen LogP contribution is -2.17. The van der Waals surface area contributed by atoms with Gasteiger partial charge in [0.2, 0.25) is 0 Å². The number of hydrogen-bond donors (Lipinski definition) is 2. The summed E-state index contributed by atoms with van der Waals surface area (Å²) in [5, 5.41) is 5.50. The Balaban J connectivity index is 1.83. The third-order valence-electron chi connectivity index (χ3n) is 4.15. The van der Waals surface area contributed by atoms with Gasteiger partial charge in [0.1, 0.15) is 0 Å². The third kappa shape index (κ3) is 4.49. The molecule has 0 aliphatic heterocycles. The number of benzene rings is 2. The number of rotatable bonds is 4. The normalized spacial score (nSPS) is 11.2. The van der Waals surface area contributed by atoms with Crippen LogP contribution >= 0.6 is 0 Å². The highest BCUT2D eigenvalue weighted by molar-refractivity contribution is 6.05. The van der Waals surface area contributed by atoms with Gasteiger partial charge >= 0.3 is 6.18 Å². The van der Waals surface area contributed by atoms with Gasteiger partial charge in [-0.15, -0.1) is 0 Å². The quantitative estimate of drug-likeness (QED) is 0.605. The van der Waals surface area contributed by atoms with Gasteiger partial charge in [-0.2, -0.15) is 13.2 Å². The number of amides is 1. The number of nitrogens with zero attached hydrogens (tertiary/aromatic N) is 1. The Hall–Kier alpha value is -3.35. The number of aryl methyl sites for hydroxylation is 2. The first kappa shape index (κ1) is 19.4. The molecule has 1 heterocycles. The summed E-state index contributed by atoms with van der Waals surface area (Å²) < 4.78 is 39.3. The van der Waals surface area contributed by atoms with E-state index in [1.807, 2.05) is 32.0 Å². The second-order valence-electron chi connectivity index (χ2n) is 6.40. The van der Waals surface area contributed by atoms with Crippen molar-refractivity contribution in [3.63, 3.8) is 0 Å². The number of nitrogens with one attached hydrogen (secondary N) is 2. The van der Waals surface area contributed by atoms with Crippen molar-refractivity contribution in [2.24, 2.45) is 0 Å². The van der Waals surface area contributed by atoms with E-state index in [1.165, 1.54) is 24.4 Å². The molecule has 0 aliphatic carbocycles. The van der Waals surface area contributed by atoms with E-state index in [-0.39, 0.29) is 11.3 Å². The molecule has 3 rings (SSSR count). The third-order valence-corrected chi connectivity index (χ3v) is 4.15. The molecular weight excluding hydrogens is 367 g/mol. The number of carbonyl (C=O) groups excluding carboxylic acids is 1. The molecule has 0 spiro atoms. The van der Waals surface area contributed by atoms with Crippen molar-refractivity contribution < 1.29 is 18.0 Å². The Morgan fingerprint density at radius 1 is 0.964 bits per heavy atom. The molecule has 0 atom stereocenters. The molecule has 0 aliphatic rings. The largest absolute Gasteiger partial charge is 0.418 e. The molecular formula is C21H18F3N3O. The number of alkyl halides is 3. The van der Waals surface area contributed by atoms with E-state index >= 15 is 0 Å². The highest BCUT2D eigenvalue weighted by atomic mass is 19.4. The van der Waals surface area contributed by atoms with Crippen molar-refractivity contribution in [3.8, 4) is 0 Å². The predicted octanol–water partition coefficient (Wildman–Crippen LogP) is 5.71. The molecule has 0 saturated carbocycles. The molecule has 1 aromatic heterocycles. The zero-order valence-electron chi connectivity index (χ0n) is 15.3. The molecule has 2 N–H and O–H groups in total. The van der Waals surface area contributed by atoms with Crippen LogP contribution in [0.25, 0.3) is 0 Å². The minimum atomic E-state index is -4.56. The van der Waals surface area contributed by atoms with E-state index in [0.29, 0.717) is 5.69 Å². The van der Waals surface area contributed by atoms with Crippen LogP contribution in [-0.2, 0) is 6.18 Å². The predicted molar refractivity (Wildman–Crippen MR) is 103 cm³/mol. The zero-order chi connectivity index (χ0) is 20.3. The average molecular weight is 385 g/mol. The Bertz CT molecular complexity index is 1020. The molecule has 0 bridgehead atoms. The lowest BCUT2D eigenvalue weighted by molar-refractivity contribution is -0.136. The van der Waals surface area contributed by atoms with Crippen LogP contribution in [0.4, 0.5) is 30.2 Å². The summed E-state index contributed by atoms with van der Waals surface area (Å²) in [6, 6.07) is 12.3. The fourth-order valence-electron chi connectivity index (χ4n) is 2.69. The van der Waals surface area contributed by atoms with Crippen LogP contribution in [0.15, 0.2) is 60.9 Å². The Morgan fingerprint density at radius 3 is 2.46 bits per heavy atom. The number of carbonyl (C=O) groups is 1. The SMILES string of the molecule is Cc1ccc(C)c(Nc2cncc(C(=O)Nc3ccccc3C(F)(F)F)c2)c1. The maximum absolute atomic E-state index is 13.1.